The van der Waals surface area contributed by atoms with Gasteiger partial charge in [0.25, 0.3) is 5.56 Å². The number of benzene rings is 2. The maximum atomic E-state index is 13.2. The number of aromatic nitrogens is 1. The Balaban J connectivity index is 1.38. The number of pyridine rings is 1. The van der Waals surface area contributed by atoms with E-state index in [1.54, 1.807) is 35.2 Å². The molecule has 2 aliphatic rings. The van der Waals surface area contributed by atoms with Gasteiger partial charge >= 0.3 is 6.03 Å². The predicted molar refractivity (Wildman–Crippen MR) is 134 cm³/mol. The van der Waals surface area contributed by atoms with E-state index in [9.17, 15) is 9.59 Å². The van der Waals surface area contributed by atoms with Crippen LogP contribution < -0.4 is 20.3 Å². The summed E-state index contributed by atoms with van der Waals surface area (Å²) >= 11 is 5.97. The molecule has 0 radical (unpaired) electrons. The number of nitrogens with zero attached hydrogens (tertiary/aromatic N) is 2. The molecule has 0 unspecified atom stereocenters. The first-order chi connectivity index (χ1) is 17.0. The van der Waals surface area contributed by atoms with Gasteiger partial charge in [0, 0.05) is 53.9 Å². The third-order valence-corrected chi connectivity index (χ3v) is 6.37. The van der Waals surface area contributed by atoms with E-state index in [0.717, 1.165) is 18.5 Å². The summed E-state index contributed by atoms with van der Waals surface area (Å²) in [4.78, 5) is 33.0. The van der Waals surface area contributed by atoms with Crippen molar-refractivity contribution in [3.05, 3.63) is 63.4 Å². The fourth-order valence-electron chi connectivity index (χ4n) is 4.19. The zero-order valence-corrected chi connectivity index (χ0v) is 20.0. The van der Waals surface area contributed by atoms with Gasteiger partial charge < -0.3 is 29.4 Å². The van der Waals surface area contributed by atoms with Crippen LogP contribution in [0.5, 0.6) is 11.5 Å². The fourth-order valence-corrected chi connectivity index (χ4v) is 4.31. The lowest BCUT2D eigenvalue weighted by Gasteiger charge is -2.30. The number of nitrogens with one attached hydrogen (secondary N) is 2. The Bertz CT molecular complexity index is 1260. The molecule has 10 heteroatoms. The molecule has 35 heavy (non-hydrogen) atoms. The van der Waals surface area contributed by atoms with Crippen molar-refractivity contribution in [1.29, 1.82) is 0 Å². The number of H-pyrrole nitrogens is 1. The lowest BCUT2D eigenvalue weighted by molar-refractivity contribution is 0.0349. The number of hydrogen-bond donors (Lipinski definition) is 2. The first-order valence-electron chi connectivity index (χ1n) is 11.6. The van der Waals surface area contributed by atoms with Crippen LogP contribution in [-0.2, 0) is 11.3 Å². The number of halogens is 1. The van der Waals surface area contributed by atoms with Crippen molar-refractivity contribution in [3.63, 3.8) is 0 Å². The Morgan fingerprint density at radius 2 is 1.74 bits per heavy atom. The van der Waals surface area contributed by atoms with Crippen LogP contribution in [0, 0.1) is 0 Å². The van der Waals surface area contributed by atoms with E-state index in [2.05, 4.69) is 15.2 Å². The van der Waals surface area contributed by atoms with E-state index in [1.165, 1.54) is 0 Å². The van der Waals surface area contributed by atoms with Crippen LogP contribution in [0.2, 0.25) is 5.02 Å². The van der Waals surface area contributed by atoms with E-state index in [-0.39, 0.29) is 18.1 Å². The van der Waals surface area contributed by atoms with Crippen LogP contribution in [0.15, 0.2) is 47.3 Å². The average Bonchev–Trinajstić information content (AvgIpc) is 2.87. The summed E-state index contributed by atoms with van der Waals surface area (Å²) in [7, 11) is 0. The van der Waals surface area contributed by atoms with Gasteiger partial charge in [0.15, 0.2) is 11.5 Å². The molecule has 1 fully saturated rings. The number of morpholine rings is 1. The Labute approximate surface area is 207 Å². The predicted octanol–water partition coefficient (Wildman–Crippen LogP) is 3.32. The Hall–Kier alpha value is -3.27. The van der Waals surface area contributed by atoms with E-state index in [0.29, 0.717) is 72.8 Å². The number of carbonyl (C=O) groups excluding carboxylic acids is 1. The molecule has 1 saturated heterocycles. The van der Waals surface area contributed by atoms with Crippen LogP contribution in [0.25, 0.3) is 10.9 Å². The molecule has 5 rings (SSSR count). The van der Waals surface area contributed by atoms with Crippen LogP contribution in [0.1, 0.15) is 5.56 Å². The number of ether oxygens (including phenoxy) is 3. The molecule has 2 aromatic carbocycles. The van der Waals surface area contributed by atoms with Gasteiger partial charge in [-0.15, -0.1) is 0 Å². The molecular formula is C25H27ClN4O5. The molecule has 0 aliphatic carbocycles. The zero-order chi connectivity index (χ0) is 24.2. The molecule has 1 aromatic heterocycles. The molecule has 2 aliphatic heterocycles. The fraction of sp³-hybridized carbons (Fsp3) is 0.360. The quantitative estimate of drug-likeness (QED) is 0.541. The SMILES string of the molecule is O=C(Nc1ccc(Cl)cc1)N(CCN1CCOCC1)Cc1cc2cc3c(cc2[nH]c1=O)OCCO3. The number of hydrogen-bond acceptors (Lipinski definition) is 6. The van der Waals surface area contributed by atoms with Gasteiger partial charge in [0.2, 0.25) is 0 Å². The van der Waals surface area contributed by atoms with Gasteiger partial charge in [-0.2, -0.15) is 0 Å². The van der Waals surface area contributed by atoms with Crippen molar-refractivity contribution in [2.24, 2.45) is 0 Å². The number of anilines is 1. The summed E-state index contributed by atoms with van der Waals surface area (Å²) in [6.07, 6.45) is 0. The van der Waals surface area contributed by atoms with Gasteiger partial charge in [-0.1, -0.05) is 11.6 Å². The number of aromatic amines is 1. The highest BCUT2D eigenvalue weighted by atomic mass is 35.5. The summed E-state index contributed by atoms with van der Waals surface area (Å²) in [6.45, 7) is 5.24. The summed E-state index contributed by atoms with van der Waals surface area (Å²) in [6, 6.07) is 12.1. The highest BCUT2D eigenvalue weighted by molar-refractivity contribution is 6.30. The molecule has 0 saturated carbocycles. The third kappa shape index (κ3) is 5.70. The number of urea groups is 1. The van der Waals surface area contributed by atoms with Gasteiger partial charge in [-0.25, -0.2) is 4.79 Å². The Kier molecular flexibility index (Phi) is 7.08. The topological polar surface area (TPSA) is 96.1 Å². The molecule has 2 amide bonds. The number of rotatable bonds is 6. The lowest BCUT2D eigenvalue weighted by Crippen LogP contribution is -2.44. The largest absolute Gasteiger partial charge is 0.486 e. The second-order valence-electron chi connectivity index (χ2n) is 8.52. The standard InChI is InChI=1S/C25H27ClN4O5/c26-19-1-3-20(4-2-19)27-25(32)30(6-5-29-7-9-33-10-8-29)16-18-13-17-14-22-23(35-12-11-34-22)15-21(17)28-24(18)31/h1-4,13-15H,5-12,16H2,(H,27,32)(H,28,31). The first kappa shape index (κ1) is 23.5. The summed E-state index contributed by atoms with van der Waals surface area (Å²) in [5.41, 5.74) is 1.53. The van der Waals surface area contributed by atoms with E-state index in [4.69, 9.17) is 25.8 Å². The van der Waals surface area contributed by atoms with Crippen LogP contribution >= 0.6 is 11.6 Å². The van der Waals surface area contributed by atoms with E-state index < -0.39 is 0 Å². The Morgan fingerprint density at radius 3 is 2.49 bits per heavy atom. The molecule has 0 atom stereocenters. The van der Waals surface area contributed by atoms with Crippen LogP contribution in [0.3, 0.4) is 0 Å². The minimum absolute atomic E-state index is 0.156. The van der Waals surface area contributed by atoms with E-state index in [1.807, 2.05) is 12.1 Å². The summed E-state index contributed by atoms with van der Waals surface area (Å²) < 4.78 is 16.7. The van der Waals surface area contributed by atoms with Gasteiger partial charge in [-0.05, 0) is 36.4 Å². The third-order valence-electron chi connectivity index (χ3n) is 6.12. The highest BCUT2D eigenvalue weighted by Gasteiger charge is 2.20. The maximum Gasteiger partial charge on any atom is 0.322 e. The molecule has 3 heterocycles. The first-order valence-corrected chi connectivity index (χ1v) is 12.0. The number of amides is 2. The van der Waals surface area contributed by atoms with Crippen molar-refractivity contribution in [3.8, 4) is 11.5 Å². The van der Waals surface area contributed by atoms with Gasteiger partial charge in [0.05, 0.1) is 25.3 Å². The minimum atomic E-state index is -0.290. The molecule has 3 aromatic rings. The van der Waals surface area contributed by atoms with E-state index >= 15 is 0 Å². The van der Waals surface area contributed by atoms with Crippen molar-refractivity contribution >= 4 is 34.2 Å². The lowest BCUT2D eigenvalue weighted by atomic mass is 10.1. The second-order valence-corrected chi connectivity index (χ2v) is 8.96. The highest BCUT2D eigenvalue weighted by Crippen LogP contribution is 2.33. The van der Waals surface area contributed by atoms with Gasteiger partial charge in [0.1, 0.15) is 13.2 Å². The van der Waals surface area contributed by atoms with Crippen molar-refractivity contribution in [2.75, 3.05) is 57.9 Å². The molecule has 2 N–H and O–H groups in total. The molecular weight excluding hydrogens is 472 g/mol. The van der Waals surface area contributed by atoms with Gasteiger partial charge in [-0.3, -0.25) is 9.69 Å². The van der Waals surface area contributed by atoms with Crippen molar-refractivity contribution < 1.29 is 19.0 Å². The molecule has 184 valence electrons. The minimum Gasteiger partial charge on any atom is -0.486 e. The van der Waals surface area contributed by atoms with Crippen molar-refractivity contribution in [1.82, 2.24) is 14.8 Å². The monoisotopic (exact) mass is 498 g/mol. The zero-order valence-electron chi connectivity index (χ0n) is 19.2. The smallest absolute Gasteiger partial charge is 0.322 e. The second kappa shape index (κ2) is 10.6. The molecule has 0 spiro atoms. The van der Waals surface area contributed by atoms with Crippen LogP contribution in [0.4, 0.5) is 10.5 Å². The normalized spacial score (nSPS) is 15.7. The van der Waals surface area contributed by atoms with Crippen molar-refractivity contribution in [2.45, 2.75) is 6.54 Å². The number of fused-ring (bicyclic) bond motifs is 2. The molecule has 9 nitrogen and oxygen atoms in total. The number of carbonyl (C=O) groups is 1. The summed E-state index contributed by atoms with van der Waals surface area (Å²) in [5.74, 6) is 1.26. The van der Waals surface area contributed by atoms with Crippen LogP contribution in [-0.4, -0.2) is 73.4 Å². The maximum absolute atomic E-state index is 13.2. The average molecular weight is 499 g/mol. The summed E-state index contributed by atoms with van der Waals surface area (Å²) in [5, 5.41) is 4.32. The molecule has 0 bridgehead atoms. The Morgan fingerprint density at radius 1 is 1.03 bits per heavy atom.